The fourth-order valence-electron chi connectivity index (χ4n) is 4.17. The molecule has 5 heteroatoms. The summed E-state index contributed by atoms with van der Waals surface area (Å²) < 4.78 is 14.1. The van der Waals surface area contributed by atoms with Crippen LogP contribution in [0.2, 0.25) is 0 Å². The van der Waals surface area contributed by atoms with Crippen LogP contribution in [0.3, 0.4) is 0 Å². The normalized spacial score (nSPS) is 20.4. The number of anilines is 2. The molecule has 3 heterocycles. The average Bonchev–Trinajstić information content (AvgIpc) is 2.64. The van der Waals surface area contributed by atoms with Gasteiger partial charge < -0.3 is 9.80 Å². The Morgan fingerprint density at radius 2 is 1.62 bits per heavy atom. The van der Waals surface area contributed by atoms with Gasteiger partial charge in [0.2, 0.25) is 5.95 Å². The molecule has 0 saturated carbocycles. The highest BCUT2D eigenvalue weighted by Gasteiger charge is 2.39. The summed E-state index contributed by atoms with van der Waals surface area (Å²) in [6.07, 6.45) is 8.21. The molecule has 4 nitrogen and oxygen atoms in total. The third-order valence-corrected chi connectivity index (χ3v) is 5.51. The maximum atomic E-state index is 14.1. The number of hydrogen-bond donors (Lipinski definition) is 0. The number of hydrogen-bond acceptors (Lipinski definition) is 4. The molecule has 1 spiro atoms. The third-order valence-electron chi connectivity index (χ3n) is 5.51. The van der Waals surface area contributed by atoms with Crippen LogP contribution in [0.25, 0.3) is 0 Å². The topological polar surface area (TPSA) is 32.3 Å². The summed E-state index contributed by atoms with van der Waals surface area (Å²) in [7, 11) is 0. The van der Waals surface area contributed by atoms with Crippen molar-refractivity contribution in [3.05, 3.63) is 48.5 Å². The van der Waals surface area contributed by atoms with Crippen molar-refractivity contribution < 1.29 is 4.39 Å². The van der Waals surface area contributed by atoms with E-state index in [4.69, 9.17) is 0 Å². The lowest BCUT2D eigenvalue weighted by Gasteiger charge is -2.48. The molecular weight excluding hydrogens is 303 g/mol. The molecule has 4 rings (SSSR count). The van der Waals surface area contributed by atoms with Gasteiger partial charge in [0.05, 0.1) is 5.69 Å². The van der Waals surface area contributed by atoms with Crippen molar-refractivity contribution in [3.63, 3.8) is 0 Å². The summed E-state index contributed by atoms with van der Waals surface area (Å²) in [5.74, 6) is 0.721. The number of piperidine rings is 2. The molecule has 0 amide bonds. The second kappa shape index (κ2) is 6.38. The minimum Gasteiger partial charge on any atom is -0.369 e. The van der Waals surface area contributed by atoms with E-state index in [-0.39, 0.29) is 5.82 Å². The van der Waals surface area contributed by atoms with E-state index < -0.39 is 0 Å². The molecule has 2 fully saturated rings. The smallest absolute Gasteiger partial charge is 0.225 e. The lowest BCUT2D eigenvalue weighted by atomic mass is 9.72. The molecule has 0 radical (unpaired) electrons. The van der Waals surface area contributed by atoms with Crippen LogP contribution < -0.4 is 9.80 Å². The van der Waals surface area contributed by atoms with Gasteiger partial charge in [-0.3, -0.25) is 0 Å². The quantitative estimate of drug-likeness (QED) is 0.845. The highest BCUT2D eigenvalue weighted by Crippen LogP contribution is 2.41. The lowest BCUT2D eigenvalue weighted by Crippen LogP contribution is -2.50. The predicted octanol–water partition coefficient (Wildman–Crippen LogP) is 3.50. The maximum absolute atomic E-state index is 14.1. The van der Waals surface area contributed by atoms with Crippen LogP contribution in [-0.4, -0.2) is 36.1 Å². The summed E-state index contributed by atoms with van der Waals surface area (Å²) in [5, 5.41) is 0. The fraction of sp³-hybridized carbons (Fsp3) is 0.474. The number of nitrogens with zero attached hydrogens (tertiary/aromatic N) is 4. The molecule has 2 saturated heterocycles. The Labute approximate surface area is 142 Å². The lowest BCUT2D eigenvalue weighted by molar-refractivity contribution is 0.178. The second-order valence-electron chi connectivity index (χ2n) is 7.01. The Bertz CT molecular complexity index is 683. The van der Waals surface area contributed by atoms with Crippen molar-refractivity contribution in [2.75, 3.05) is 36.0 Å². The Morgan fingerprint density at radius 3 is 2.38 bits per heavy atom. The summed E-state index contributed by atoms with van der Waals surface area (Å²) >= 11 is 0. The van der Waals surface area contributed by atoms with Gasteiger partial charge in [0, 0.05) is 38.6 Å². The molecule has 0 aliphatic carbocycles. The number of aromatic nitrogens is 2. The van der Waals surface area contributed by atoms with Crippen molar-refractivity contribution in [2.45, 2.75) is 25.7 Å². The van der Waals surface area contributed by atoms with Crippen molar-refractivity contribution in [1.82, 2.24) is 9.97 Å². The van der Waals surface area contributed by atoms with E-state index in [1.165, 1.54) is 6.42 Å². The zero-order chi connectivity index (χ0) is 16.4. The van der Waals surface area contributed by atoms with Gasteiger partial charge in [0.1, 0.15) is 5.82 Å². The van der Waals surface area contributed by atoms with E-state index in [2.05, 4.69) is 19.8 Å². The van der Waals surface area contributed by atoms with Crippen LogP contribution >= 0.6 is 0 Å². The van der Waals surface area contributed by atoms with Gasteiger partial charge in [0.25, 0.3) is 0 Å². The summed E-state index contributed by atoms with van der Waals surface area (Å²) in [4.78, 5) is 13.2. The van der Waals surface area contributed by atoms with Gasteiger partial charge in [-0.25, -0.2) is 14.4 Å². The monoisotopic (exact) mass is 326 g/mol. The van der Waals surface area contributed by atoms with Gasteiger partial charge >= 0.3 is 0 Å². The van der Waals surface area contributed by atoms with Crippen LogP contribution in [0.15, 0.2) is 42.7 Å². The molecule has 1 aromatic heterocycles. The minimum absolute atomic E-state index is 0.107. The van der Waals surface area contributed by atoms with E-state index in [0.29, 0.717) is 5.41 Å². The van der Waals surface area contributed by atoms with E-state index >= 15 is 0 Å². The van der Waals surface area contributed by atoms with E-state index in [1.54, 1.807) is 24.5 Å². The zero-order valence-electron chi connectivity index (χ0n) is 13.9. The second-order valence-corrected chi connectivity index (χ2v) is 7.01. The van der Waals surface area contributed by atoms with Crippen LogP contribution in [-0.2, 0) is 0 Å². The number of rotatable bonds is 2. The molecule has 0 bridgehead atoms. The first-order valence-corrected chi connectivity index (χ1v) is 8.77. The molecule has 1 aromatic carbocycles. The van der Waals surface area contributed by atoms with Crippen LogP contribution in [0.1, 0.15) is 25.7 Å². The number of para-hydroxylation sites is 1. The van der Waals surface area contributed by atoms with Gasteiger partial charge in [-0.2, -0.15) is 0 Å². The van der Waals surface area contributed by atoms with Crippen molar-refractivity contribution in [3.8, 4) is 0 Å². The van der Waals surface area contributed by atoms with Crippen molar-refractivity contribution >= 4 is 11.6 Å². The molecule has 2 aliphatic heterocycles. The van der Waals surface area contributed by atoms with Crippen LogP contribution in [0.5, 0.6) is 0 Å². The first-order valence-electron chi connectivity index (χ1n) is 8.77. The minimum atomic E-state index is -0.107. The maximum Gasteiger partial charge on any atom is 0.225 e. The van der Waals surface area contributed by atoms with E-state index in [0.717, 1.165) is 57.1 Å². The SMILES string of the molecule is Fc1ccccc1N1CCCC2(CCN(c3ncccn3)CC2)C1. The molecule has 0 N–H and O–H groups in total. The van der Waals surface area contributed by atoms with E-state index in [9.17, 15) is 4.39 Å². The number of halogens is 1. The molecule has 2 aliphatic rings. The Morgan fingerprint density at radius 1 is 0.875 bits per heavy atom. The van der Waals surface area contributed by atoms with Crippen molar-refractivity contribution in [2.24, 2.45) is 5.41 Å². The van der Waals surface area contributed by atoms with E-state index in [1.807, 2.05) is 18.2 Å². The molecular formula is C19H23FN4. The van der Waals surface area contributed by atoms with Crippen LogP contribution in [0, 0.1) is 11.2 Å². The predicted molar refractivity (Wildman–Crippen MR) is 93.8 cm³/mol. The molecule has 0 atom stereocenters. The first-order chi connectivity index (χ1) is 11.8. The van der Waals surface area contributed by atoms with Gasteiger partial charge in [0.15, 0.2) is 0 Å². The van der Waals surface area contributed by atoms with Gasteiger partial charge in [-0.15, -0.1) is 0 Å². The number of benzene rings is 1. The van der Waals surface area contributed by atoms with Gasteiger partial charge in [-0.05, 0) is 49.3 Å². The molecule has 2 aromatic rings. The Balaban J connectivity index is 1.46. The highest BCUT2D eigenvalue weighted by molar-refractivity contribution is 5.48. The zero-order valence-corrected chi connectivity index (χ0v) is 13.9. The molecule has 126 valence electrons. The van der Waals surface area contributed by atoms with Crippen molar-refractivity contribution in [1.29, 1.82) is 0 Å². The highest BCUT2D eigenvalue weighted by atomic mass is 19.1. The third kappa shape index (κ3) is 2.95. The standard InChI is InChI=1S/C19H23FN4/c20-16-5-1-2-6-17(16)24-12-3-7-19(15-24)8-13-23(14-9-19)18-21-10-4-11-22-18/h1-2,4-6,10-11H,3,7-9,12-15H2. The Kier molecular flexibility index (Phi) is 4.08. The summed E-state index contributed by atoms with van der Waals surface area (Å²) in [6, 6.07) is 9.00. The molecule has 0 unspecified atom stereocenters. The average molecular weight is 326 g/mol. The Hall–Kier alpha value is -2.17. The van der Waals surface area contributed by atoms with Gasteiger partial charge in [-0.1, -0.05) is 12.1 Å². The summed E-state index contributed by atoms with van der Waals surface area (Å²) in [5.41, 5.74) is 1.05. The van der Waals surface area contributed by atoms with Crippen LogP contribution in [0.4, 0.5) is 16.0 Å². The first kappa shape index (κ1) is 15.4. The largest absolute Gasteiger partial charge is 0.369 e. The fourth-order valence-corrected chi connectivity index (χ4v) is 4.17. The summed E-state index contributed by atoms with van der Waals surface area (Å²) in [6.45, 7) is 3.87. The molecule has 24 heavy (non-hydrogen) atoms.